The predicted octanol–water partition coefficient (Wildman–Crippen LogP) is 3.64. The minimum atomic E-state index is -3.73. The van der Waals surface area contributed by atoms with Crippen LogP contribution in [0.5, 0.6) is 0 Å². The lowest BCUT2D eigenvalue weighted by atomic mass is 10.0. The highest BCUT2D eigenvalue weighted by atomic mass is 35.5. The van der Waals surface area contributed by atoms with Crippen LogP contribution in [0.2, 0.25) is 5.02 Å². The first-order chi connectivity index (χ1) is 14.9. The molecule has 166 valence electrons. The van der Waals surface area contributed by atoms with Crippen LogP contribution in [0.3, 0.4) is 0 Å². The number of hydrogen-bond donors (Lipinski definition) is 0. The molecule has 6 nitrogen and oxygen atoms in total. The number of rotatable bonds is 4. The maximum absolute atomic E-state index is 13.5. The third-order valence-corrected chi connectivity index (χ3v) is 8.52. The Kier molecular flexibility index (Phi) is 6.67. The van der Waals surface area contributed by atoms with Crippen LogP contribution in [-0.4, -0.2) is 68.2 Å². The van der Waals surface area contributed by atoms with E-state index in [1.54, 1.807) is 6.07 Å². The van der Waals surface area contributed by atoms with Gasteiger partial charge in [-0.25, -0.2) is 8.42 Å². The first kappa shape index (κ1) is 22.3. The first-order valence-electron chi connectivity index (χ1n) is 10.7. The van der Waals surface area contributed by atoms with Gasteiger partial charge < -0.3 is 9.80 Å². The summed E-state index contributed by atoms with van der Waals surface area (Å²) in [6.07, 6.45) is 2.72. The number of piperidine rings is 1. The maximum atomic E-state index is 13.5. The smallest absolute Gasteiger partial charge is 0.254 e. The minimum Gasteiger partial charge on any atom is -0.329 e. The quantitative estimate of drug-likeness (QED) is 0.697. The molecule has 0 radical (unpaired) electrons. The Labute approximate surface area is 189 Å². The third-order valence-electron chi connectivity index (χ3n) is 6.14. The fourth-order valence-electron chi connectivity index (χ4n) is 4.37. The monoisotopic (exact) mass is 461 g/mol. The SMILES string of the molecule is CN1CCN(C(=O)c2ccc(Cl)c(S(=O)(=O)N3CCCCC3)c2)C(c2ccccc2)C1. The molecule has 8 heteroatoms. The standard InChI is InChI=1S/C23H28ClN3O3S/c1-25-14-15-27(21(17-25)18-8-4-2-5-9-18)23(28)19-10-11-20(24)22(16-19)31(29,30)26-12-6-3-7-13-26/h2,4-5,8-11,16,21H,3,6-7,12-15,17H2,1H3. The number of nitrogens with zero attached hydrogens (tertiary/aromatic N) is 3. The lowest BCUT2D eigenvalue weighted by Crippen LogP contribution is -2.49. The second-order valence-corrected chi connectivity index (χ2v) is 10.6. The van der Waals surface area contributed by atoms with Gasteiger partial charge >= 0.3 is 0 Å². The molecule has 0 bridgehead atoms. The van der Waals surface area contributed by atoms with Crippen LogP contribution >= 0.6 is 11.6 Å². The number of likely N-dealkylation sites (N-methyl/N-ethyl adjacent to an activating group) is 1. The molecule has 2 saturated heterocycles. The lowest BCUT2D eigenvalue weighted by molar-refractivity contribution is 0.0498. The van der Waals surface area contributed by atoms with Gasteiger partial charge in [0, 0.05) is 38.3 Å². The van der Waals surface area contributed by atoms with Crippen molar-refractivity contribution in [1.82, 2.24) is 14.1 Å². The average Bonchev–Trinajstić information content (AvgIpc) is 2.80. The van der Waals surface area contributed by atoms with Crippen LogP contribution in [0.25, 0.3) is 0 Å². The van der Waals surface area contributed by atoms with Gasteiger partial charge in [-0.15, -0.1) is 0 Å². The van der Waals surface area contributed by atoms with E-state index in [0.29, 0.717) is 25.2 Å². The van der Waals surface area contributed by atoms with E-state index in [2.05, 4.69) is 4.90 Å². The topological polar surface area (TPSA) is 60.9 Å². The number of benzene rings is 2. The molecule has 2 fully saturated rings. The van der Waals surface area contributed by atoms with Gasteiger partial charge in [-0.3, -0.25) is 4.79 Å². The Morgan fingerprint density at radius 2 is 1.68 bits per heavy atom. The molecule has 1 atom stereocenters. The fourth-order valence-corrected chi connectivity index (χ4v) is 6.38. The van der Waals surface area contributed by atoms with Crippen LogP contribution in [0.15, 0.2) is 53.4 Å². The van der Waals surface area contributed by atoms with E-state index < -0.39 is 10.0 Å². The van der Waals surface area contributed by atoms with Crippen molar-refractivity contribution in [2.45, 2.75) is 30.2 Å². The van der Waals surface area contributed by atoms with Gasteiger partial charge in [-0.05, 0) is 43.7 Å². The van der Waals surface area contributed by atoms with Gasteiger partial charge in [0.1, 0.15) is 4.90 Å². The molecule has 2 heterocycles. The summed E-state index contributed by atoms with van der Waals surface area (Å²) in [5, 5.41) is 0.153. The summed E-state index contributed by atoms with van der Waals surface area (Å²) >= 11 is 6.30. The van der Waals surface area contributed by atoms with Gasteiger partial charge in [0.05, 0.1) is 11.1 Å². The van der Waals surface area contributed by atoms with Crippen molar-refractivity contribution in [3.05, 3.63) is 64.7 Å². The molecule has 2 aliphatic rings. The van der Waals surface area contributed by atoms with Crippen LogP contribution < -0.4 is 0 Å². The summed E-state index contributed by atoms with van der Waals surface area (Å²) < 4.78 is 27.9. The van der Waals surface area contributed by atoms with Gasteiger partial charge in [-0.2, -0.15) is 4.31 Å². The van der Waals surface area contributed by atoms with Crippen molar-refractivity contribution in [3.63, 3.8) is 0 Å². The summed E-state index contributed by atoms with van der Waals surface area (Å²) in [6, 6.07) is 14.5. The molecular weight excluding hydrogens is 434 g/mol. The average molecular weight is 462 g/mol. The molecule has 0 aromatic heterocycles. The Balaban J connectivity index is 1.66. The molecule has 4 rings (SSSR count). The Hall–Kier alpha value is -1.93. The van der Waals surface area contributed by atoms with E-state index in [1.807, 2.05) is 42.3 Å². The molecule has 2 aliphatic heterocycles. The molecule has 2 aromatic rings. The summed E-state index contributed by atoms with van der Waals surface area (Å²) in [7, 11) is -1.69. The Bertz CT molecular complexity index is 1040. The summed E-state index contributed by atoms with van der Waals surface area (Å²) in [4.78, 5) is 17.6. The van der Waals surface area contributed by atoms with E-state index in [0.717, 1.165) is 37.9 Å². The van der Waals surface area contributed by atoms with Crippen molar-refractivity contribution >= 4 is 27.5 Å². The van der Waals surface area contributed by atoms with Crippen LogP contribution in [0.4, 0.5) is 0 Å². The summed E-state index contributed by atoms with van der Waals surface area (Å²) in [6.45, 7) is 3.05. The van der Waals surface area contributed by atoms with Crippen molar-refractivity contribution in [3.8, 4) is 0 Å². The number of carbonyl (C=O) groups excluding carboxylic acids is 1. The summed E-state index contributed by atoms with van der Waals surface area (Å²) in [5.74, 6) is -0.172. The number of carbonyl (C=O) groups is 1. The lowest BCUT2D eigenvalue weighted by Gasteiger charge is -2.40. The van der Waals surface area contributed by atoms with Crippen molar-refractivity contribution in [1.29, 1.82) is 0 Å². The molecule has 0 N–H and O–H groups in total. The second-order valence-electron chi connectivity index (χ2n) is 8.30. The molecule has 0 aliphatic carbocycles. The molecule has 1 unspecified atom stereocenters. The van der Waals surface area contributed by atoms with Crippen molar-refractivity contribution in [2.75, 3.05) is 39.8 Å². The third kappa shape index (κ3) is 4.65. The van der Waals surface area contributed by atoms with E-state index >= 15 is 0 Å². The Morgan fingerprint density at radius 3 is 2.39 bits per heavy atom. The number of halogens is 1. The highest BCUT2D eigenvalue weighted by molar-refractivity contribution is 7.89. The van der Waals surface area contributed by atoms with Gasteiger partial charge in [0.15, 0.2) is 0 Å². The first-order valence-corrected chi connectivity index (χ1v) is 12.5. The number of piperazine rings is 1. The van der Waals surface area contributed by atoms with Gasteiger partial charge in [0.25, 0.3) is 5.91 Å². The van der Waals surface area contributed by atoms with Crippen molar-refractivity contribution < 1.29 is 13.2 Å². The maximum Gasteiger partial charge on any atom is 0.254 e. The predicted molar refractivity (Wildman–Crippen MR) is 122 cm³/mol. The van der Waals surface area contributed by atoms with Crippen LogP contribution in [-0.2, 0) is 10.0 Å². The largest absolute Gasteiger partial charge is 0.329 e. The van der Waals surface area contributed by atoms with Crippen LogP contribution in [0, 0.1) is 0 Å². The van der Waals surface area contributed by atoms with Crippen LogP contribution in [0.1, 0.15) is 41.2 Å². The molecule has 0 saturated carbocycles. The summed E-state index contributed by atoms with van der Waals surface area (Å²) in [5.41, 5.74) is 1.42. The zero-order valence-corrected chi connectivity index (χ0v) is 19.3. The number of amides is 1. The molecule has 31 heavy (non-hydrogen) atoms. The second kappa shape index (κ2) is 9.28. The van der Waals surface area contributed by atoms with E-state index in [-0.39, 0.29) is 21.9 Å². The molecule has 1 amide bonds. The molecule has 0 spiro atoms. The zero-order valence-electron chi connectivity index (χ0n) is 17.7. The van der Waals surface area contributed by atoms with Crippen molar-refractivity contribution in [2.24, 2.45) is 0 Å². The van der Waals surface area contributed by atoms with E-state index in [9.17, 15) is 13.2 Å². The normalized spacial score (nSPS) is 21.2. The molecule has 2 aromatic carbocycles. The minimum absolute atomic E-state index is 0.0207. The van der Waals surface area contributed by atoms with Gasteiger partial charge in [0.2, 0.25) is 10.0 Å². The van der Waals surface area contributed by atoms with E-state index in [1.165, 1.54) is 16.4 Å². The number of sulfonamides is 1. The molecular formula is C23H28ClN3O3S. The zero-order chi connectivity index (χ0) is 22.0. The highest BCUT2D eigenvalue weighted by Gasteiger charge is 2.33. The Morgan fingerprint density at radius 1 is 0.968 bits per heavy atom. The fraction of sp³-hybridized carbons (Fsp3) is 0.435. The number of hydrogen-bond acceptors (Lipinski definition) is 4. The van der Waals surface area contributed by atoms with E-state index in [4.69, 9.17) is 11.6 Å². The highest BCUT2D eigenvalue weighted by Crippen LogP contribution is 2.31. The van der Waals surface area contributed by atoms with Gasteiger partial charge in [-0.1, -0.05) is 48.4 Å².